The average molecular weight is 502 g/mol. The molecule has 0 radical (unpaired) electrons. The Morgan fingerprint density at radius 2 is 1.65 bits per heavy atom. The number of sulfonamides is 1. The van der Waals surface area contributed by atoms with Gasteiger partial charge in [-0.3, -0.25) is 14.9 Å². The fourth-order valence-corrected chi connectivity index (χ4v) is 5.94. The molecule has 0 saturated carbocycles. The van der Waals surface area contributed by atoms with E-state index in [1.165, 1.54) is 12.1 Å². The van der Waals surface area contributed by atoms with Crippen LogP contribution in [-0.2, 0) is 27.9 Å². The van der Waals surface area contributed by atoms with E-state index in [0.29, 0.717) is 13.1 Å². The van der Waals surface area contributed by atoms with Crippen molar-refractivity contribution in [3.8, 4) is 0 Å². The van der Waals surface area contributed by atoms with E-state index < -0.39 is 21.0 Å². The van der Waals surface area contributed by atoms with Crippen LogP contribution in [0.15, 0.2) is 71.6 Å². The minimum Gasteiger partial charge on any atom is -0.332 e. The quantitative estimate of drug-likeness (QED) is 0.299. The summed E-state index contributed by atoms with van der Waals surface area (Å²) in [5.74, 6) is -0.325. The van der Waals surface area contributed by atoms with Crippen LogP contribution >= 0.6 is 11.3 Å². The number of thiophene rings is 1. The molecule has 1 aromatic heterocycles. The van der Waals surface area contributed by atoms with E-state index in [-0.39, 0.29) is 23.0 Å². The predicted octanol–water partition coefficient (Wildman–Crippen LogP) is 4.59. The van der Waals surface area contributed by atoms with Crippen LogP contribution in [0.3, 0.4) is 0 Å². The number of rotatable bonds is 10. The monoisotopic (exact) mass is 501 g/mol. The van der Waals surface area contributed by atoms with Crippen LogP contribution in [0.5, 0.6) is 0 Å². The number of nitro benzene ring substituents is 1. The molecule has 10 heteroatoms. The highest BCUT2D eigenvalue weighted by Crippen LogP contribution is 2.23. The molecule has 0 saturated heterocycles. The molecule has 0 aliphatic carbocycles. The van der Waals surface area contributed by atoms with Gasteiger partial charge in [-0.15, -0.1) is 11.3 Å². The number of carbonyl (C=O) groups excluding carboxylic acids is 1. The van der Waals surface area contributed by atoms with Crippen molar-refractivity contribution in [3.05, 3.63) is 92.2 Å². The Kier molecular flexibility index (Phi) is 8.19. The maximum atomic E-state index is 13.4. The molecule has 180 valence electrons. The summed E-state index contributed by atoms with van der Waals surface area (Å²) in [6, 6.07) is 17.7. The van der Waals surface area contributed by atoms with E-state index in [9.17, 15) is 23.3 Å². The first-order valence-corrected chi connectivity index (χ1v) is 13.0. The summed E-state index contributed by atoms with van der Waals surface area (Å²) in [5, 5.41) is 10.9. The van der Waals surface area contributed by atoms with Crippen molar-refractivity contribution in [1.29, 1.82) is 0 Å². The number of nitrogens with zero attached hydrogens (tertiary/aromatic N) is 3. The van der Waals surface area contributed by atoms with Crippen molar-refractivity contribution in [2.45, 2.75) is 44.8 Å². The van der Waals surface area contributed by atoms with Crippen molar-refractivity contribution in [2.75, 3.05) is 6.54 Å². The van der Waals surface area contributed by atoms with Crippen LogP contribution < -0.4 is 0 Å². The van der Waals surface area contributed by atoms with Crippen molar-refractivity contribution >= 4 is 33.0 Å². The Balaban J connectivity index is 1.87. The molecule has 1 heterocycles. The Morgan fingerprint density at radius 1 is 1.00 bits per heavy atom. The number of benzene rings is 2. The van der Waals surface area contributed by atoms with Crippen molar-refractivity contribution in [1.82, 2.24) is 9.21 Å². The maximum Gasteiger partial charge on any atom is 0.269 e. The lowest BCUT2D eigenvalue weighted by atomic mass is 10.2. The molecule has 0 atom stereocenters. The molecule has 0 bridgehead atoms. The van der Waals surface area contributed by atoms with Crippen LogP contribution in [0, 0.1) is 17.0 Å². The molecule has 8 nitrogen and oxygen atoms in total. The summed E-state index contributed by atoms with van der Waals surface area (Å²) in [5.41, 5.74) is 0.741. The molecule has 0 fully saturated rings. The lowest BCUT2D eigenvalue weighted by molar-refractivity contribution is -0.384. The first kappa shape index (κ1) is 25.5. The number of aryl methyl sites for hydroxylation is 1. The second-order valence-corrected chi connectivity index (χ2v) is 11.4. The highest BCUT2D eigenvalue weighted by atomic mass is 32.2. The van der Waals surface area contributed by atoms with Gasteiger partial charge < -0.3 is 4.90 Å². The van der Waals surface area contributed by atoms with Gasteiger partial charge in [0.2, 0.25) is 15.9 Å². The first-order chi connectivity index (χ1) is 16.1. The third kappa shape index (κ3) is 6.28. The summed E-state index contributed by atoms with van der Waals surface area (Å²) in [7, 11) is -4.05. The highest BCUT2D eigenvalue weighted by Gasteiger charge is 2.31. The largest absolute Gasteiger partial charge is 0.332 e. The molecule has 0 unspecified atom stereocenters. The van der Waals surface area contributed by atoms with E-state index >= 15 is 0 Å². The van der Waals surface area contributed by atoms with Gasteiger partial charge in [0, 0.05) is 34.5 Å². The van der Waals surface area contributed by atoms with E-state index in [1.54, 1.807) is 30.1 Å². The number of nitro groups is 1. The van der Waals surface area contributed by atoms with Gasteiger partial charge in [0.05, 0.1) is 22.9 Å². The van der Waals surface area contributed by atoms with Gasteiger partial charge in [-0.1, -0.05) is 30.3 Å². The zero-order valence-electron chi connectivity index (χ0n) is 19.2. The molecular weight excluding hydrogens is 474 g/mol. The number of carbonyl (C=O) groups is 1. The summed E-state index contributed by atoms with van der Waals surface area (Å²) in [6.07, 6.45) is 0. The van der Waals surface area contributed by atoms with Crippen molar-refractivity contribution < 1.29 is 18.1 Å². The zero-order chi connectivity index (χ0) is 24.9. The fraction of sp³-hybridized carbons (Fsp3) is 0.292. The topological polar surface area (TPSA) is 101 Å². The SMILES string of the molecule is Cc1ccc(CN(Cc2ccccc2)C(=O)CN(C(C)C)S(=O)(=O)c2ccc([N+](=O)[O-])cc2)s1. The molecule has 3 aromatic rings. The predicted molar refractivity (Wildman–Crippen MR) is 132 cm³/mol. The minimum absolute atomic E-state index is 0.0944. The van der Waals surface area contributed by atoms with Gasteiger partial charge in [-0.2, -0.15) is 4.31 Å². The fourth-order valence-electron chi connectivity index (χ4n) is 3.45. The molecule has 3 rings (SSSR count). The van der Waals surface area contributed by atoms with E-state index in [1.807, 2.05) is 49.4 Å². The Labute approximate surface area is 203 Å². The second-order valence-electron chi connectivity index (χ2n) is 8.14. The van der Waals surface area contributed by atoms with Gasteiger partial charge in [-0.25, -0.2) is 8.42 Å². The van der Waals surface area contributed by atoms with Crippen molar-refractivity contribution in [2.24, 2.45) is 0 Å². The van der Waals surface area contributed by atoms with Crippen LogP contribution in [0.4, 0.5) is 5.69 Å². The van der Waals surface area contributed by atoms with Crippen molar-refractivity contribution in [3.63, 3.8) is 0 Å². The summed E-state index contributed by atoms with van der Waals surface area (Å²) < 4.78 is 27.8. The Bertz CT molecular complexity index is 1240. The summed E-state index contributed by atoms with van der Waals surface area (Å²) in [6.45, 7) is 5.76. The van der Waals surface area contributed by atoms with E-state index in [4.69, 9.17) is 0 Å². The van der Waals surface area contributed by atoms with Crippen LogP contribution in [0.25, 0.3) is 0 Å². The standard InChI is InChI=1S/C24H27N3O5S2/c1-18(2)26(34(31,32)23-13-10-21(11-14-23)27(29)30)17-24(28)25(15-20-7-5-4-6-8-20)16-22-12-9-19(3)33-22/h4-14,18H,15-17H2,1-3H3. The normalized spacial score (nSPS) is 11.7. The second kappa shape index (κ2) is 10.9. The third-order valence-corrected chi connectivity index (χ3v) is 8.25. The highest BCUT2D eigenvalue weighted by molar-refractivity contribution is 7.89. The zero-order valence-corrected chi connectivity index (χ0v) is 20.9. The number of hydrogen-bond donors (Lipinski definition) is 0. The van der Waals surface area contributed by atoms with Crippen LogP contribution in [0.1, 0.15) is 29.2 Å². The summed E-state index contributed by atoms with van der Waals surface area (Å²) >= 11 is 1.59. The number of non-ortho nitro benzene ring substituents is 1. The van der Waals surface area contributed by atoms with Gasteiger partial charge in [0.15, 0.2) is 0 Å². The molecule has 0 aliphatic rings. The maximum absolute atomic E-state index is 13.4. The number of amides is 1. The van der Waals surface area contributed by atoms with Gasteiger partial charge in [0.25, 0.3) is 5.69 Å². The molecule has 0 spiro atoms. The van der Waals surface area contributed by atoms with E-state index in [2.05, 4.69) is 0 Å². The lowest BCUT2D eigenvalue weighted by Gasteiger charge is -2.29. The Hall–Kier alpha value is -3.08. The average Bonchev–Trinajstić information content (AvgIpc) is 3.21. The number of hydrogen-bond acceptors (Lipinski definition) is 6. The lowest BCUT2D eigenvalue weighted by Crippen LogP contribution is -2.45. The third-order valence-electron chi connectivity index (χ3n) is 5.23. The Morgan fingerprint density at radius 3 is 2.18 bits per heavy atom. The minimum atomic E-state index is -4.05. The van der Waals surface area contributed by atoms with Gasteiger partial charge in [-0.05, 0) is 50.6 Å². The first-order valence-electron chi connectivity index (χ1n) is 10.7. The van der Waals surface area contributed by atoms with Crippen LogP contribution in [0.2, 0.25) is 0 Å². The van der Waals surface area contributed by atoms with Gasteiger partial charge >= 0.3 is 0 Å². The molecule has 0 N–H and O–H groups in total. The molecule has 2 aromatic carbocycles. The van der Waals surface area contributed by atoms with E-state index in [0.717, 1.165) is 31.8 Å². The molecule has 0 aliphatic heterocycles. The molecular formula is C24H27N3O5S2. The van der Waals surface area contributed by atoms with Crippen LogP contribution in [-0.4, -0.2) is 41.0 Å². The smallest absolute Gasteiger partial charge is 0.269 e. The molecule has 1 amide bonds. The molecule has 34 heavy (non-hydrogen) atoms. The van der Waals surface area contributed by atoms with Gasteiger partial charge in [0.1, 0.15) is 0 Å². The summed E-state index contributed by atoms with van der Waals surface area (Å²) in [4.78, 5) is 27.5.